The van der Waals surface area contributed by atoms with E-state index in [-0.39, 0.29) is 19.8 Å². The summed E-state index contributed by atoms with van der Waals surface area (Å²) in [7, 11) is 0. The van der Waals surface area contributed by atoms with E-state index in [1.165, 1.54) is 0 Å². The SMILES string of the molecule is CC=[NH+]C(CO)(CO)CO. The molecule has 0 rings (SSSR count). The lowest BCUT2D eigenvalue weighted by Gasteiger charge is -2.15. The van der Waals surface area contributed by atoms with Crippen molar-refractivity contribution in [2.75, 3.05) is 19.8 Å². The molecule has 4 heteroatoms. The van der Waals surface area contributed by atoms with Gasteiger partial charge in [0, 0.05) is 6.92 Å². The first-order valence-electron chi connectivity index (χ1n) is 3.13. The zero-order valence-electron chi connectivity index (χ0n) is 6.04. The minimum atomic E-state index is -0.964. The van der Waals surface area contributed by atoms with Crippen LogP contribution in [0, 0.1) is 0 Å². The third-order valence-electron chi connectivity index (χ3n) is 1.36. The Bertz CT molecular complexity index is 101. The molecule has 0 heterocycles. The average Bonchev–Trinajstić information content (AvgIpc) is 2.01. The highest BCUT2D eigenvalue weighted by Crippen LogP contribution is 1.90. The van der Waals surface area contributed by atoms with E-state index in [4.69, 9.17) is 15.3 Å². The fourth-order valence-electron chi connectivity index (χ4n) is 0.593. The zero-order chi connectivity index (χ0) is 8.04. The molecular formula is C6H14NO3+. The lowest BCUT2D eigenvalue weighted by molar-refractivity contribution is -0.562. The van der Waals surface area contributed by atoms with Crippen molar-refractivity contribution < 1.29 is 20.3 Å². The lowest BCUT2D eigenvalue weighted by atomic mass is 10.1. The monoisotopic (exact) mass is 148 g/mol. The highest BCUT2D eigenvalue weighted by Gasteiger charge is 2.31. The topological polar surface area (TPSA) is 74.7 Å². The Hall–Kier alpha value is -0.450. The van der Waals surface area contributed by atoms with Crippen LogP contribution >= 0.6 is 0 Å². The van der Waals surface area contributed by atoms with E-state index in [2.05, 4.69) is 4.99 Å². The van der Waals surface area contributed by atoms with Gasteiger partial charge < -0.3 is 15.3 Å². The molecule has 0 bridgehead atoms. The molecule has 4 nitrogen and oxygen atoms in total. The minimum Gasteiger partial charge on any atom is -0.389 e. The maximum Gasteiger partial charge on any atom is 0.228 e. The van der Waals surface area contributed by atoms with Gasteiger partial charge in [-0.05, 0) is 0 Å². The molecule has 0 fully saturated rings. The lowest BCUT2D eigenvalue weighted by Crippen LogP contribution is -2.89. The second kappa shape index (κ2) is 4.38. The number of hydrogen-bond acceptors (Lipinski definition) is 3. The van der Waals surface area contributed by atoms with Gasteiger partial charge in [-0.15, -0.1) is 0 Å². The summed E-state index contributed by atoms with van der Waals surface area (Å²) in [5.41, 5.74) is -0.964. The summed E-state index contributed by atoms with van der Waals surface area (Å²) in [5.74, 6) is 0. The van der Waals surface area contributed by atoms with Crippen LogP contribution in [0.5, 0.6) is 0 Å². The van der Waals surface area contributed by atoms with Gasteiger partial charge in [0.2, 0.25) is 5.54 Å². The van der Waals surface area contributed by atoms with Gasteiger partial charge in [-0.25, -0.2) is 4.99 Å². The van der Waals surface area contributed by atoms with Gasteiger partial charge in [0.05, 0.1) is 0 Å². The van der Waals surface area contributed by atoms with E-state index < -0.39 is 5.54 Å². The molecule has 0 atom stereocenters. The van der Waals surface area contributed by atoms with Gasteiger partial charge in [-0.2, -0.15) is 0 Å². The van der Waals surface area contributed by atoms with Crippen molar-refractivity contribution in [2.45, 2.75) is 12.5 Å². The molecule has 4 N–H and O–H groups in total. The predicted molar refractivity (Wildman–Crippen MR) is 36.7 cm³/mol. The van der Waals surface area contributed by atoms with Crippen molar-refractivity contribution in [3.63, 3.8) is 0 Å². The van der Waals surface area contributed by atoms with Gasteiger partial charge in [0.1, 0.15) is 26.0 Å². The summed E-state index contributed by atoms with van der Waals surface area (Å²) >= 11 is 0. The summed E-state index contributed by atoms with van der Waals surface area (Å²) in [5, 5.41) is 26.1. The molecule has 0 saturated heterocycles. The molecule has 0 aromatic heterocycles. The van der Waals surface area contributed by atoms with Gasteiger partial charge in [0.15, 0.2) is 0 Å². The molecule has 0 saturated carbocycles. The van der Waals surface area contributed by atoms with E-state index in [0.717, 1.165) is 0 Å². The Balaban J connectivity index is 4.15. The number of hydrogen-bond donors (Lipinski definition) is 4. The predicted octanol–water partition coefficient (Wildman–Crippen LogP) is -3.13. The number of nitrogens with one attached hydrogen (secondary N) is 1. The fourth-order valence-corrected chi connectivity index (χ4v) is 0.593. The van der Waals surface area contributed by atoms with E-state index in [9.17, 15) is 0 Å². The van der Waals surface area contributed by atoms with E-state index in [1.807, 2.05) is 0 Å². The molecule has 0 aliphatic heterocycles. The number of rotatable bonds is 4. The van der Waals surface area contributed by atoms with Crippen LogP contribution in [-0.2, 0) is 0 Å². The highest BCUT2D eigenvalue weighted by molar-refractivity contribution is 5.45. The smallest absolute Gasteiger partial charge is 0.228 e. The molecule has 0 aliphatic rings. The second-order valence-corrected chi connectivity index (χ2v) is 2.19. The molecule has 0 aliphatic carbocycles. The normalized spacial score (nSPS) is 12.8. The fraction of sp³-hybridized carbons (Fsp3) is 0.833. The van der Waals surface area contributed by atoms with Gasteiger partial charge in [0.25, 0.3) is 0 Å². The van der Waals surface area contributed by atoms with Crippen LogP contribution in [0.4, 0.5) is 0 Å². The van der Waals surface area contributed by atoms with Crippen molar-refractivity contribution in [3.8, 4) is 0 Å². The van der Waals surface area contributed by atoms with Gasteiger partial charge in [-0.3, -0.25) is 0 Å². The van der Waals surface area contributed by atoms with Crippen molar-refractivity contribution in [3.05, 3.63) is 0 Å². The highest BCUT2D eigenvalue weighted by atomic mass is 16.3. The van der Waals surface area contributed by atoms with Crippen molar-refractivity contribution in [1.29, 1.82) is 0 Å². The summed E-state index contributed by atoms with van der Waals surface area (Å²) in [4.78, 5) is 2.67. The van der Waals surface area contributed by atoms with E-state index >= 15 is 0 Å². The maximum atomic E-state index is 8.71. The van der Waals surface area contributed by atoms with Crippen molar-refractivity contribution >= 4 is 6.21 Å². The first kappa shape index (κ1) is 9.55. The molecule has 0 unspecified atom stereocenters. The molecule has 0 aromatic carbocycles. The molecule has 10 heavy (non-hydrogen) atoms. The summed E-state index contributed by atoms with van der Waals surface area (Å²) < 4.78 is 0. The van der Waals surface area contributed by atoms with Crippen LogP contribution in [0.15, 0.2) is 0 Å². The van der Waals surface area contributed by atoms with Crippen molar-refractivity contribution in [2.24, 2.45) is 0 Å². The third-order valence-corrected chi connectivity index (χ3v) is 1.36. The first-order chi connectivity index (χ1) is 4.74. The molecule has 0 aromatic rings. The van der Waals surface area contributed by atoms with Crippen LogP contribution in [-0.4, -0.2) is 46.9 Å². The van der Waals surface area contributed by atoms with Crippen LogP contribution in [0.1, 0.15) is 6.92 Å². The van der Waals surface area contributed by atoms with Crippen LogP contribution in [0.25, 0.3) is 0 Å². The quantitative estimate of drug-likeness (QED) is 0.319. The minimum absolute atomic E-state index is 0.287. The van der Waals surface area contributed by atoms with Crippen LogP contribution < -0.4 is 4.99 Å². The van der Waals surface area contributed by atoms with Gasteiger partial charge in [-0.1, -0.05) is 0 Å². The van der Waals surface area contributed by atoms with Crippen LogP contribution in [0.2, 0.25) is 0 Å². The summed E-state index contributed by atoms with van der Waals surface area (Å²) in [6.07, 6.45) is 1.57. The van der Waals surface area contributed by atoms with E-state index in [1.54, 1.807) is 13.1 Å². The second-order valence-electron chi connectivity index (χ2n) is 2.19. The van der Waals surface area contributed by atoms with Crippen molar-refractivity contribution in [1.82, 2.24) is 0 Å². The Morgan fingerprint density at radius 1 is 1.20 bits per heavy atom. The maximum absolute atomic E-state index is 8.71. The molecular weight excluding hydrogens is 134 g/mol. The first-order valence-corrected chi connectivity index (χ1v) is 3.13. The Morgan fingerprint density at radius 2 is 1.60 bits per heavy atom. The van der Waals surface area contributed by atoms with E-state index in [0.29, 0.717) is 0 Å². The number of aliphatic hydroxyl groups excluding tert-OH is 3. The van der Waals surface area contributed by atoms with Crippen LogP contribution in [0.3, 0.4) is 0 Å². The molecule has 60 valence electrons. The summed E-state index contributed by atoms with van der Waals surface area (Å²) in [6.45, 7) is 0.856. The molecule has 0 radical (unpaired) electrons. The average molecular weight is 148 g/mol. The molecule has 0 amide bonds. The Labute approximate surface area is 59.8 Å². The third kappa shape index (κ3) is 2.06. The number of aliphatic hydroxyl groups is 3. The Kier molecular flexibility index (Phi) is 4.18. The molecule has 0 spiro atoms. The standard InChI is InChI=1S/C6H13NO3/c1-2-7-6(3-8,4-9)5-10/h2,8-10H,3-5H2,1H3/p+1. The summed E-state index contributed by atoms with van der Waals surface area (Å²) in [6, 6.07) is 0. The Morgan fingerprint density at radius 3 is 1.70 bits per heavy atom. The zero-order valence-corrected chi connectivity index (χ0v) is 6.04. The van der Waals surface area contributed by atoms with Gasteiger partial charge >= 0.3 is 0 Å². The largest absolute Gasteiger partial charge is 0.389 e.